The summed E-state index contributed by atoms with van der Waals surface area (Å²) in [4.78, 5) is 24.4. The van der Waals surface area contributed by atoms with Crippen LogP contribution >= 0.6 is 0 Å². The molecule has 10 nitrogen and oxygen atoms in total. The van der Waals surface area contributed by atoms with Crippen molar-refractivity contribution in [2.75, 3.05) is 34.5 Å². The first-order valence-corrected chi connectivity index (χ1v) is 10.6. The van der Waals surface area contributed by atoms with Crippen LogP contribution in [0.2, 0.25) is 0 Å². The Kier molecular flexibility index (Phi) is 8.22. The lowest BCUT2D eigenvalue weighted by atomic mass is 10.1. The Morgan fingerprint density at radius 1 is 0.935 bits per heavy atom. The number of rotatable bonds is 10. The third kappa shape index (κ3) is 6.59. The summed E-state index contributed by atoms with van der Waals surface area (Å²) < 4.78 is 43.0. The lowest BCUT2D eigenvalue weighted by Crippen LogP contribution is -2.30. The molecule has 0 radical (unpaired) electrons. The molecular formula is C20H24N2O8S. The summed E-state index contributed by atoms with van der Waals surface area (Å²) in [5, 5.41) is 7.67. The minimum absolute atomic E-state index is 0.0118. The fourth-order valence-corrected chi connectivity index (χ4v) is 3.16. The lowest BCUT2D eigenvalue weighted by Gasteiger charge is -2.13. The van der Waals surface area contributed by atoms with Crippen molar-refractivity contribution in [2.45, 2.75) is 11.3 Å². The zero-order valence-corrected chi connectivity index (χ0v) is 18.2. The van der Waals surface area contributed by atoms with Gasteiger partial charge in [-0.3, -0.25) is 4.79 Å². The normalized spacial score (nSPS) is 10.8. The largest absolute Gasteiger partial charge is 0.496 e. The molecule has 3 N–H and O–H groups in total. The van der Waals surface area contributed by atoms with Crippen LogP contribution in [0.15, 0.2) is 41.3 Å². The monoisotopic (exact) mass is 452 g/mol. The molecule has 0 bridgehead atoms. The van der Waals surface area contributed by atoms with E-state index in [9.17, 15) is 18.0 Å². The average Bonchev–Trinajstić information content (AvgIpc) is 2.76. The Labute approximate surface area is 180 Å². The predicted octanol–water partition coefficient (Wildman–Crippen LogP) is 0.876. The standard InChI is InChI=1S/C20H24N2O8S/c1-27-16-11-18(29-3)17(28-2)10-15(16)20(24)30-12-19(23)22-9-8-13-4-6-14(7-5-13)31(21,25)26/h4-7,10-11H,8-9,12H2,1-3H3,(H,22,23)(H2,21,25,26). The van der Waals surface area contributed by atoms with Crippen LogP contribution in [0, 0.1) is 0 Å². The molecule has 0 aromatic heterocycles. The number of hydrogen-bond donors (Lipinski definition) is 2. The van der Waals surface area contributed by atoms with E-state index in [0.29, 0.717) is 17.9 Å². The van der Waals surface area contributed by atoms with Crippen LogP contribution in [-0.2, 0) is 26.0 Å². The highest BCUT2D eigenvalue weighted by atomic mass is 32.2. The second-order valence-corrected chi connectivity index (χ2v) is 7.83. The van der Waals surface area contributed by atoms with Gasteiger partial charge >= 0.3 is 5.97 Å². The number of amides is 1. The van der Waals surface area contributed by atoms with E-state index >= 15 is 0 Å². The number of benzene rings is 2. The van der Waals surface area contributed by atoms with Crippen LogP contribution in [0.5, 0.6) is 17.2 Å². The molecule has 168 valence electrons. The second-order valence-electron chi connectivity index (χ2n) is 6.27. The van der Waals surface area contributed by atoms with Gasteiger partial charge in [0.15, 0.2) is 18.1 Å². The van der Waals surface area contributed by atoms with Crippen LogP contribution in [0.4, 0.5) is 0 Å². The summed E-state index contributed by atoms with van der Waals surface area (Å²) >= 11 is 0. The third-order valence-electron chi connectivity index (χ3n) is 4.25. The van der Waals surface area contributed by atoms with Crippen molar-refractivity contribution in [3.63, 3.8) is 0 Å². The van der Waals surface area contributed by atoms with E-state index in [2.05, 4.69) is 5.32 Å². The molecule has 11 heteroatoms. The number of sulfonamides is 1. The van der Waals surface area contributed by atoms with Gasteiger partial charge in [-0.1, -0.05) is 12.1 Å². The zero-order chi connectivity index (χ0) is 23.0. The van der Waals surface area contributed by atoms with Crippen molar-refractivity contribution in [3.05, 3.63) is 47.5 Å². The zero-order valence-electron chi connectivity index (χ0n) is 17.3. The SMILES string of the molecule is COc1cc(OC)c(C(=O)OCC(=O)NCCc2ccc(S(N)(=O)=O)cc2)cc1OC. The number of nitrogens with one attached hydrogen (secondary N) is 1. The number of carbonyl (C=O) groups is 2. The van der Waals surface area contributed by atoms with Gasteiger partial charge < -0.3 is 24.3 Å². The lowest BCUT2D eigenvalue weighted by molar-refractivity contribution is -0.124. The number of ether oxygens (including phenoxy) is 4. The first-order chi connectivity index (χ1) is 14.7. The van der Waals surface area contributed by atoms with Crippen LogP contribution in [0.3, 0.4) is 0 Å². The predicted molar refractivity (Wildman–Crippen MR) is 111 cm³/mol. The molecule has 0 aliphatic carbocycles. The second kappa shape index (κ2) is 10.6. The van der Waals surface area contributed by atoms with Gasteiger partial charge in [-0.05, 0) is 24.1 Å². The molecule has 0 atom stereocenters. The molecular weight excluding hydrogens is 428 g/mol. The van der Waals surface area contributed by atoms with Crippen molar-refractivity contribution in [2.24, 2.45) is 5.14 Å². The fraction of sp³-hybridized carbons (Fsp3) is 0.300. The average molecular weight is 452 g/mol. The maximum atomic E-state index is 12.4. The van der Waals surface area contributed by atoms with E-state index in [-0.39, 0.29) is 22.8 Å². The van der Waals surface area contributed by atoms with E-state index in [1.54, 1.807) is 12.1 Å². The van der Waals surface area contributed by atoms with Gasteiger partial charge in [0.1, 0.15) is 11.3 Å². The smallest absolute Gasteiger partial charge is 0.342 e. The summed E-state index contributed by atoms with van der Waals surface area (Å²) in [5.41, 5.74) is 0.891. The Balaban J connectivity index is 1.88. The highest BCUT2D eigenvalue weighted by molar-refractivity contribution is 7.89. The van der Waals surface area contributed by atoms with Gasteiger partial charge in [0, 0.05) is 18.7 Å². The van der Waals surface area contributed by atoms with Gasteiger partial charge in [-0.2, -0.15) is 0 Å². The Hall–Kier alpha value is -3.31. The van der Waals surface area contributed by atoms with Crippen molar-refractivity contribution < 1.29 is 37.0 Å². The molecule has 2 rings (SSSR count). The summed E-state index contributed by atoms with van der Waals surface area (Å²) in [6, 6.07) is 8.89. The van der Waals surface area contributed by atoms with Gasteiger partial charge in [0.2, 0.25) is 10.0 Å². The molecule has 0 saturated carbocycles. The summed E-state index contributed by atoms with van der Waals surface area (Å²) in [5.74, 6) is -0.342. The fourth-order valence-electron chi connectivity index (χ4n) is 2.64. The Morgan fingerprint density at radius 2 is 1.52 bits per heavy atom. The maximum Gasteiger partial charge on any atom is 0.342 e. The molecule has 2 aromatic carbocycles. The quantitative estimate of drug-likeness (QED) is 0.506. The van der Waals surface area contributed by atoms with Gasteiger partial charge in [0.05, 0.1) is 26.2 Å². The van der Waals surface area contributed by atoms with E-state index in [1.165, 1.54) is 45.6 Å². The Bertz CT molecular complexity index is 1040. The maximum absolute atomic E-state index is 12.4. The molecule has 31 heavy (non-hydrogen) atoms. The molecule has 0 saturated heterocycles. The topological polar surface area (TPSA) is 143 Å². The van der Waals surface area contributed by atoms with E-state index in [4.69, 9.17) is 24.1 Å². The molecule has 0 fully saturated rings. The highest BCUT2D eigenvalue weighted by Gasteiger charge is 2.19. The molecule has 0 aliphatic heterocycles. The molecule has 0 spiro atoms. The Morgan fingerprint density at radius 3 is 2.06 bits per heavy atom. The van der Waals surface area contributed by atoms with Gasteiger partial charge in [-0.15, -0.1) is 0 Å². The van der Waals surface area contributed by atoms with Crippen LogP contribution < -0.4 is 24.7 Å². The number of hydrogen-bond acceptors (Lipinski definition) is 8. The number of esters is 1. The van der Waals surface area contributed by atoms with Crippen molar-refractivity contribution in [3.8, 4) is 17.2 Å². The number of methoxy groups -OCH3 is 3. The molecule has 0 heterocycles. The van der Waals surface area contributed by atoms with Crippen LogP contribution in [-0.4, -0.2) is 54.8 Å². The third-order valence-corrected chi connectivity index (χ3v) is 5.18. The summed E-state index contributed by atoms with van der Waals surface area (Å²) in [6.07, 6.45) is 0.452. The first-order valence-electron chi connectivity index (χ1n) is 9.05. The van der Waals surface area contributed by atoms with E-state index in [1.807, 2.05) is 0 Å². The minimum Gasteiger partial charge on any atom is -0.496 e. The van der Waals surface area contributed by atoms with Gasteiger partial charge in [-0.25, -0.2) is 18.4 Å². The molecule has 2 aromatic rings. The molecule has 0 unspecified atom stereocenters. The summed E-state index contributed by atoms with van der Waals surface area (Å²) in [6.45, 7) is -0.217. The number of primary sulfonamides is 1. The minimum atomic E-state index is -3.75. The highest BCUT2D eigenvalue weighted by Crippen LogP contribution is 2.34. The van der Waals surface area contributed by atoms with Crippen LogP contribution in [0.1, 0.15) is 15.9 Å². The van der Waals surface area contributed by atoms with E-state index in [0.717, 1.165) is 5.56 Å². The summed E-state index contributed by atoms with van der Waals surface area (Å²) in [7, 11) is 0.520. The van der Waals surface area contributed by atoms with Crippen LogP contribution in [0.25, 0.3) is 0 Å². The molecule has 1 amide bonds. The molecule has 0 aliphatic rings. The van der Waals surface area contributed by atoms with Crippen molar-refractivity contribution in [1.29, 1.82) is 0 Å². The van der Waals surface area contributed by atoms with Crippen molar-refractivity contribution in [1.82, 2.24) is 5.32 Å². The van der Waals surface area contributed by atoms with Gasteiger partial charge in [0.25, 0.3) is 5.91 Å². The number of carbonyl (C=O) groups excluding carboxylic acids is 2. The first kappa shape index (κ1) is 24.0. The number of nitrogens with two attached hydrogens (primary N) is 1. The van der Waals surface area contributed by atoms with Crippen molar-refractivity contribution >= 4 is 21.9 Å². The van der Waals surface area contributed by atoms with E-state index < -0.39 is 28.5 Å².